The Kier molecular flexibility index (Phi) is 1.81. The second-order valence-corrected chi connectivity index (χ2v) is 2.88. The number of allylic oxidation sites excluding steroid dienone is 1. The maximum Gasteiger partial charge on any atom is 0.236 e. The quantitative estimate of drug-likeness (QED) is 0.505. The molecule has 0 aromatic heterocycles. The number of hydrogen-bond acceptors (Lipinski definition) is 2. The predicted molar refractivity (Wildman–Crippen MR) is 39.0 cm³/mol. The van der Waals surface area contributed by atoms with Crippen molar-refractivity contribution in [1.29, 1.82) is 0 Å². The molecular formula is C6H9NOS. The number of carbonyl (C=O) groups excluding carboxylic acids is 1. The number of amides is 1. The molecule has 0 fully saturated rings. The normalized spacial score (nSPS) is 20.0. The van der Waals surface area contributed by atoms with E-state index >= 15 is 0 Å². The van der Waals surface area contributed by atoms with Gasteiger partial charge in [0.2, 0.25) is 5.91 Å². The minimum absolute atomic E-state index is 0.194. The van der Waals surface area contributed by atoms with E-state index in [1.54, 1.807) is 23.7 Å². The zero-order valence-electron chi connectivity index (χ0n) is 5.55. The highest BCUT2D eigenvalue weighted by atomic mass is 32.2. The molecule has 0 unspecified atom stereocenters. The molecule has 3 heteroatoms. The first-order chi connectivity index (χ1) is 4.22. The lowest BCUT2D eigenvalue weighted by molar-refractivity contribution is -0.125. The standard InChI is InChI=1S/C6H9NOS/c1-5-3-9-4-6(8)7(5)2/h3H,4H2,1-2H3. The highest BCUT2D eigenvalue weighted by Crippen LogP contribution is 2.16. The van der Waals surface area contributed by atoms with Crippen molar-refractivity contribution >= 4 is 17.7 Å². The van der Waals surface area contributed by atoms with E-state index < -0.39 is 0 Å². The maximum absolute atomic E-state index is 10.9. The molecule has 0 saturated carbocycles. The third-order valence-corrected chi connectivity index (χ3v) is 2.29. The highest BCUT2D eigenvalue weighted by Gasteiger charge is 2.13. The van der Waals surface area contributed by atoms with Gasteiger partial charge < -0.3 is 4.90 Å². The van der Waals surface area contributed by atoms with Crippen molar-refractivity contribution in [2.45, 2.75) is 6.92 Å². The van der Waals surface area contributed by atoms with Crippen LogP contribution in [0.2, 0.25) is 0 Å². The van der Waals surface area contributed by atoms with Crippen LogP contribution in [0.25, 0.3) is 0 Å². The third-order valence-electron chi connectivity index (χ3n) is 1.36. The van der Waals surface area contributed by atoms with Crippen molar-refractivity contribution in [3.05, 3.63) is 11.1 Å². The molecule has 1 rings (SSSR count). The summed E-state index contributed by atoms with van der Waals surface area (Å²) >= 11 is 1.56. The summed E-state index contributed by atoms with van der Waals surface area (Å²) in [7, 11) is 1.80. The van der Waals surface area contributed by atoms with Crippen LogP contribution in [-0.2, 0) is 4.79 Å². The van der Waals surface area contributed by atoms with Crippen LogP contribution >= 0.6 is 11.8 Å². The highest BCUT2D eigenvalue weighted by molar-refractivity contribution is 8.02. The summed E-state index contributed by atoms with van der Waals surface area (Å²) < 4.78 is 0. The SMILES string of the molecule is CC1=CSCC(=O)N1C. The van der Waals surface area contributed by atoms with E-state index in [1.165, 1.54) is 0 Å². The van der Waals surface area contributed by atoms with Gasteiger partial charge in [-0.2, -0.15) is 0 Å². The molecule has 0 spiro atoms. The maximum atomic E-state index is 10.9. The van der Waals surface area contributed by atoms with Crippen LogP contribution in [0.4, 0.5) is 0 Å². The lowest BCUT2D eigenvalue weighted by atomic mass is 10.4. The van der Waals surface area contributed by atoms with Crippen molar-refractivity contribution in [2.24, 2.45) is 0 Å². The van der Waals surface area contributed by atoms with Gasteiger partial charge in [0, 0.05) is 12.7 Å². The lowest BCUT2D eigenvalue weighted by Crippen LogP contribution is -2.28. The van der Waals surface area contributed by atoms with Gasteiger partial charge in [-0.25, -0.2) is 0 Å². The molecule has 0 atom stereocenters. The van der Waals surface area contributed by atoms with E-state index in [2.05, 4.69) is 0 Å². The van der Waals surface area contributed by atoms with Crippen molar-refractivity contribution < 1.29 is 4.79 Å². The minimum atomic E-state index is 0.194. The first kappa shape index (κ1) is 6.68. The number of nitrogens with zero attached hydrogens (tertiary/aromatic N) is 1. The summed E-state index contributed by atoms with van der Waals surface area (Å²) in [5.74, 6) is 0.786. The Labute approximate surface area is 58.9 Å². The van der Waals surface area contributed by atoms with Crippen molar-refractivity contribution in [2.75, 3.05) is 12.8 Å². The summed E-state index contributed by atoms with van der Waals surface area (Å²) in [6.45, 7) is 1.93. The fourth-order valence-corrected chi connectivity index (χ4v) is 1.43. The Balaban J connectivity index is 2.74. The van der Waals surface area contributed by atoms with E-state index in [4.69, 9.17) is 0 Å². The summed E-state index contributed by atoms with van der Waals surface area (Å²) in [5.41, 5.74) is 1.04. The van der Waals surface area contributed by atoms with Crippen molar-refractivity contribution in [3.63, 3.8) is 0 Å². The Morgan fingerprint density at radius 2 is 2.44 bits per heavy atom. The largest absolute Gasteiger partial charge is 0.318 e. The monoisotopic (exact) mass is 143 g/mol. The van der Waals surface area contributed by atoms with Gasteiger partial charge in [-0.05, 0) is 12.3 Å². The fourth-order valence-electron chi connectivity index (χ4n) is 0.606. The molecule has 0 saturated heterocycles. The lowest BCUT2D eigenvalue weighted by Gasteiger charge is -2.20. The fraction of sp³-hybridized carbons (Fsp3) is 0.500. The van der Waals surface area contributed by atoms with Crippen LogP contribution in [0.15, 0.2) is 11.1 Å². The van der Waals surface area contributed by atoms with Gasteiger partial charge in [0.1, 0.15) is 0 Å². The van der Waals surface area contributed by atoms with E-state index in [-0.39, 0.29) is 5.91 Å². The average molecular weight is 143 g/mol. The molecule has 0 N–H and O–H groups in total. The average Bonchev–Trinajstić information content (AvgIpc) is 1.83. The van der Waals surface area contributed by atoms with Gasteiger partial charge in [0.25, 0.3) is 0 Å². The van der Waals surface area contributed by atoms with Crippen molar-refractivity contribution in [3.8, 4) is 0 Å². The minimum Gasteiger partial charge on any atom is -0.318 e. The zero-order chi connectivity index (χ0) is 6.85. The molecule has 1 aliphatic heterocycles. The molecule has 0 aromatic carbocycles. The molecule has 1 heterocycles. The topological polar surface area (TPSA) is 20.3 Å². The molecule has 1 aliphatic rings. The van der Waals surface area contributed by atoms with Gasteiger partial charge in [-0.3, -0.25) is 4.79 Å². The number of thioether (sulfide) groups is 1. The number of carbonyl (C=O) groups is 1. The molecule has 0 radical (unpaired) electrons. The summed E-state index contributed by atoms with van der Waals surface area (Å²) in [5, 5.41) is 2.00. The first-order valence-electron chi connectivity index (χ1n) is 2.77. The molecule has 50 valence electrons. The zero-order valence-corrected chi connectivity index (χ0v) is 6.36. The van der Waals surface area contributed by atoms with E-state index in [0.717, 1.165) is 5.70 Å². The van der Waals surface area contributed by atoms with Crippen LogP contribution < -0.4 is 0 Å². The second kappa shape index (κ2) is 2.43. The molecule has 1 amide bonds. The Morgan fingerprint density at radius 1 is 1.78 bits per heavy atom. The van der Waals surface area contributed by atoms with Crippen LogP contribution in [0.1, 0.15) is 6.92 Å². The Bertz CT molecular complexity index is 164. The van der Waals surface area contributed by atoms with Crippen molar-refractivity contribution in [1.82, 2.24) is 4.90 Å². The van der Waals surface area contributed by atoms with Crippen LogP contribution in [0.3, 0.4) is 0 Å². The van der Waals surface area contributed by atoms with Crippen LogP contribution in [0, 0.1) is 0 Å². The first-order valence-corrected chi connectivity index (χ1v) is 3.81. The second-order valence-electron chi connectivity index (χ2n) is 2.02. The summed E-state index contributed by atoms with van der Waals surface area (Å²) in [6, 6.07) is 0. The molecule has 2 nitrogen and oxygen atoms in total. The summed E-state index contributed by atoms with van der Waals surface area (Å²) in [6.07, 6.45) is 0. The smallest absolute Gasteiger partial charge is 0.236 e. The Hall–Kier alpha value is -0.440. The van der Waals surface area contributed by atoms with E-state index in [9.17, 15) is 4.79 Å². The van der Waals surface area contributed by atoms with Gasteiger partial charge in [-0.1, -0.05) is 0 Å². The van der Waals surface area contributed by atoms with Gasteiger partial charge in [-0.15, -0.1) is 11.8 Å². The van der Waals surface area contributed by atoms with Gasteiger partial charge in [0.05, 0.1) is 5.75 Å². The van der Waals surface area contributed by atoms with E-state index in [1.807, 2.05) is 12.3 Å². The van der Waals surface area contributed by atoms with Gasteiger partial charge >= 0.3 is 0 Å². The predicted octanol–water partition coefficient (Wildman–Crippen LogP) is 1.05. The van der Waals surface area contributed by atoms with E-state index in [0.29, 0.717) is 5.75 Å². The molecule has 0 aromatic rings. The van der Waals surface area contributed by atoms with Crippen LogP contribution in [0.5, 0.6) is 0 Å². The Morgan fingerprint density at radius 3 is 2.89 bits per heavy atom. The third kappa shape index (κ3) is 1.27. The summed E-state index contributed by atoms with van der Waals surface area (Å²) in [4.78, 5) is 12.5. The number of hydrogen-bond donors (Lipinski definition) is 0. The molecule has 0 aliphatic carbocycles. The number of rotatable bonds is 0. The van der Waals surface area contributed by atoms with Crippen LogP contribution in [-0.4, -0.2) is 23.6 Å². The molecule has 0 bridgehead atoms. The molecule has 9 heavy (non-hydrogen) atoms. The molecular weight excluding hydrogens is 134 g/mol. The van der Waals surface area contributed by atoms with Gasteiger partial charge in [0.15, 0.2) is 0 Å².